The van der Waals surface area contributed by atoms with Gasteiger partial charge in [-0.2, -0.15) is 0 Å². The molecule has 7 heteroatoms. The zero-order valence-corrected chi connectivity index (χ0v) is 22.4. The molecule has 1 N–H and O–H groups in total. The second-order valence-corrected chi connectivity index (χ2v) is 8.88. The first-order chi connectivity index (χ1) is 18.5. The van der Waals surface area contributed by atoms with Crippen molar-refractivity contribution in [3.05, 3.63) is 95.6 Å². The maximum atomic E-state index is 11.6. The van der Waals surface area contributed by atoms with E-state index in [0.29, 0.717) is 24.7 Å². The lowest BCUT2D eigenvalue weighted by molar-refractivity contribution is -0.146. The van der Waals surface area contributed by atoms with Gasteiger partial charge in [0, 0.05) is 18.5 Å². The number of rotatable bonds is 15. The molecule has 3 aromatic carbocycles. The van der Waals surface area contributed by atoms with Crippen LogP contribution < -0.4 is 14.8 Å². The van der Waals surface area contributed by atoms with E-state index in [2.05, 4.69) is 24.4 Å². The molecule has 0 saturated carbocycles. The average Bonchev–Trinajstić information content (AvgIpc) is 2.94. The predicted octanol–water partition coefficient (Wildman–Crippen LogP) is 5.27. The van der Waals surface area contributed by atoms with E-state index in [1.165, 1.54) is 5.56 Å². The van der Waals surface area contributed by atoms with E-state index in [-0.39, 0.29) is 25.2 Å². The second kappa shape index (κ2) is 15.4. The average molecular weight is 520 g/mol. The lowest BCUT2D eigenvalue weighted by atomic mass is 9.86. The molecule has 3 aromatic rings. The molecular weight excluding hydrogens is 482 g/mol. The Kier molecular flexibility index (Phi) is 11.7. The highest BCUT2D eigenvalue weighted by atomic mass is 16.6. The topological polar surface area (TPSA) is 83.1 Å². The van der Waals surface area contributed by atoms with Crippen molar-refractivity contribution in [1.29, 1.82) is 0 Å². The molecule has 0 fully saturated rings. The lowest BCUT2D eigenvalue weighted by Gasteiger charge is -2.24. The van der Waals surface area contributed by atoms with Gasteiger partial charge in [0.15, 0.2) is 13.2 Å². The smallest absolute Gasteiger partial charge is 0.344 e. The van der Waals surface area contributed by atoms with Crippen molar-refractivity contribution >= 4 is 11.9 Å². The number of ether oxygens (including phenoxy) is 4. The van der Waals surface area contributed by atoms with Crippen LogP contribution in [-0.4, -0.2) is 44.4 Å². The van der Waals surface area contributed by atoms with Crippen molar-refractivity contribution in [2.24, 2.45) is 0 Å². The van der Waals surface area contributed by atoms with Gasteiger partial charge >= 0.3 is 11.9 Å². The number of benzene rings is 3. The minimum absolute atomic E-state index is 0.103. The Morgan fingerprint density at radius 2 is 1.18 bits per heavy atom. The molecule has 0 aliphatic carbocycles. The van der Waals surface area contributed by atoms with Crippen LogP contribution in [-0.2, 0) is 25.6 Å². The summed E-state index contributed by atoms with van der Waals surface area (Å²) in [5, 5.41) is 3.63. The van der Waals surface area contributed by atoms with E-state index in [0.717, 1.165) is 24.1 Å². The third-order valence-electron chi connectivity index (χ3n) is 5.98. The summed E-state index contributed by atoms with van der Waals surface area (Å²) >= 11 is 0. The summed E-state index contributed by atoms with van der Waals surface area (Å²) in [6.45, 7) is 6.91. The van der Waals surface area contributed by atoms with Crippen molar-refractivity contribution in [3.63, 3.8) is 0 Å². The van der Waals surface area contributed by atoms with E-state index in [1.807, 2.05) is 66.7 Å². The third kappa shape index (κ3) is 9.56. The minimum atomic E-state index is -0.391. The molecule has 0 heterocycles. The number of carbonyl (C=O) groups excluding carboxylic acids is 2. The van der Waals surface area contributed by atoms with Gasteiger partial charge in [0.2, 0.25) is 0 Å². The van der Waals surface area contributed by atoms with Gasteiger partial charge in [-0.15, -0.1) is 0 Å². The second-order valence-electron chi connectivity index (χ2n) is 8.88. The monoisotopic (exact) mass is 519 g/mol. The van der Waals surface area contributed by atoms with Crippen LogP contribution in [0.5, 0.6) is 11.5 Å². The Labute approximate surface area is 225 Å². The summed E-state index contributed by atoms with van der Waals surface area (Å²) < 4.78 is 21.0. The molecule has 7 nitrogen and oxygen atoms in total. The molecular formula is C31H37NO6. The van der Waals surface area contributed by atoms with Crippen LogP contribution in [0.15, 0.2) is 78.9 Å². The maximum Gasteiger partial charge on any atom is 0.344 e. The zero-order valence-electron chi connectivity index (χ0n) is 22.4. The fourth-order valence-electron chi connectivity index (χ4n) is 4.07. The molecule has 1 atom stereocenters. The molecule has 0 saturated heterocycles. The van der Waals surface area contributed by atoms with Crippen LogP contribution in [0.3, 0.4) is 0 Å². The fraction of sp³-hybridized carbons (Fsp3) is 0.355. The van der Waals surface area contributed by atoms with E-state index in [4.69, 9.17) is 18.9 Å². The van der Waals surface area contributed by atoms with Gasteiger partial charge in [-0.1, -0.05) is 54.6 Å². The van der Waals surface area contributed by atoms with Gasteiger partial charge in [-0.05, 0) is 68.1 Å². The molecule has 0 aliphatic heterocycles. The van der Waals surface area contributed by atoms with E-state index in [9.17, 15) is 9.59 Å². The largest absolute Gasteiger partial charge is 0.482 e. The molecule has 38 heavy (non-hydrogen) atoms. The first-order valence-corrected chi connectivity index (χ1v) is 13.0. The van der Waals surface area contributed by atoms with Gasteiger partial charge in [0.25, 0.3) is 0 Å². The van der Waals surface area contributed by atoms with Crippen molar-refractivity contribution in [2.45, 2.75) is 45.7 Å². The highest BCUT2D eigenvalue weighted by Crippen LogP contribution is 2.32. The molecule has 0 aromatic heterocycles. The molecule has 1 unspecified atom stereocenters. The molecule has 0 spiro atoms. The standard InChI is InChI=1S/C31H37NO6/c1-4-35-30(33)21-37-27-15-11-25(12-16-27)29(19-23(3)32-20-24-9-7-6-8-10-24)26-13-17-28(18-14-26)38-22-31(34)36-5-2/h6-18,23,29,32H,4-5,19-22H2,1-3H3. The molecule has 0 aliphatic rings. The number of hydrogen-bond acceptors (Lipinski definition) is 7. The summed E-state index contributed by atoms with van der Waals surface area (Å²) in [4.78, 5) is 23.2. The minimum Gasteiger partial charge on any atom is -0.482 e. The summed E-state index contributed by atoms with van der Waals surface area (Å²) in [6, 6.07) is 26.2. The van der Waals surface area contributed by atoms with Crippen molar-refractivity contribution in [3.8, 4) is 11.5 Å². The van der Waals surface area contributed by atoms with Crippen LogP contribution in [0, 0.1) is 0 Å². The predicted molar refractivity (Wildman–Crippen MR) is 146 cm³/mol. The van der Waals surface area contributed by atoms with Gasteiger partial charge in [0.1, 0.15) is 11.5 Å². The highest BCUT2D eigenvalue weighted by molar-refractivity contribution is 5.71. The van der Waals surface area contributed by atoms with Crippen molar-refractivity contribution < 1.29 is 28.5 Å². The number of esters is 2. The maximum absolute atomic E-state index is 11.6. The Bertz CT molecular complexity index is 1050. The van der Waals surface area contributed by atoms with E-state index in [1.54, 1.807) is 13.8 Å². The highest BCUT2D eigenvalue weighted by Gasteiger charge is 2.18. The van der Waals surface area contributed by atoms with Crippen LogP contribution in [0.2, 0.25) is 0 Å². The Morgan fingerprint density at radius 1 is 0.711 bits per heavy atom. The number of carbonyl (C=O) groups is 2. The number of hydrogen-bond donors (Lipinski definition) is 1. The van der Waals surface area contributed by atoms with Crippen LogP contribution in [0.4, 0.5) is 0 Å². The van der Waals surface area contributed by atoms with E-state index < -0.39 is 11.9 Å². The normalized spacial score (nSPS) is 11.6. The molecule has 0 radical (unpaired) electrons. The van der Waals surface area contributed by atoms with Gasteiger partial charge in [-0.3, -0.25) is 0 Å². The van der Waals surface area contributed by atoms with Crippen LogP contribution in [0.25, 0.3) is 0 Å². The third-order valence-corrected chi connectivity index (χ3v) is 5.98. The number of nitrogens with one attached hydrogen (secondary N) is 1. The molecule has 3 rings (SSSR count). The molecule has 0 bridgehead atoms. The quantitative estimate of drug-likeness (QED) is 0.274. The lowest BCUT2D eigenvalue weighted by Crippen LogP contribution is -2.27. The molecule has 202 valence electrons. The first-order valence-electron chi connectivity index (χ1n) is 13.0. The van der Waals surface area contributed by atoms with Gasteiger partial charge in [-0.25, -0.2) is 9.59 Å². The van der Waals surface area contributed by atoms with Crippen molar-refractivity contribution in [2.75, 3.05) is 26.4 Å². The molecule has 0 amide bonds. The summed E-state index contributed by atoms with van der Waals surface area (Å²) in [5.74, 6) is 0.541. The first kappa shape index (κ1) is 28.7. The summed E-state index contributed by atoms with van der Waals surface area (Å²) in [7, 11) is 0. The Hall–Kier alpha value is -3.84. The summed E-state index contributed by atoms with van der Waals surface area (Å²) in [5.41, 5.74) is 3.49. The van der Waals surface area contributed by atoms with E-state index >= 15 is 0 Å². The van der Waals surface area contributed by atoms with Gasteiger partial charge < -0.3 is 24.3 Å². The SMILES string of the molecule is CCOC(=O)COc1ccc(C(CC(C)NCc2ccccc2)c2ccc(OCC(=O)OCC)cc2)cc1. The van der Waals surface area contributed by atoms with Gasteiger partial charge in [0.05, 0.1) is 13.2 Å². The Balaban J connectivity index is 1.71. The summed E-state index contributed by atoms with van der Waals surface area (Å²) in [6.07, 6.45) is 0.860. The Morgan fingerprint density at radius 3 is 1.63 bits per heavy atom. The fourth-order valence-corrected chi connectivity index (χ4v) is 4.07. The van der Waals surface area contributed by atoms with Crippen LogP contribution in [0.1, 0.15) is 49.8 Å². The zero-order chi connectivity index (χ0) is 27.2. The van der Waals surface area contributed by atoms with Crippen LogP contribution >= 0.6 is 0 Å². The van der Waals surface area contributed by atoms with Crippen molar-refractivity contribution in [1.82, 2.24) is 5.32 Å².